The molecule has 2 aliphatic heterocycles. The number of hydrogen-bond donors (Lipinski definition) is 1. The monoisotopic (exact) mass is 421 g/mol. The maximum absolute atomic E-state index is 14.0. The summed E-state index contributed by atoms with van der Waals surface area (Å²) >= 11 is 0. The molecule has 3 atom stereocenters. The number of carbonyl (C=O) groups is 1. The molecule has 3 aliphatic rings. The number of fused-ring (bicyclic) bond motifs is 1. The van der Waals surface area contributed by atoms with Gasteiger partial charge < -0.3 is 15.0 Å². The lowest BCUT2D eigenvalue weighted by atomic mass is 9.61. The van der Waals surface area contributed by atoms with Gasteiger partial charge in [-0.1, -0.05) is 13.0 Å². The van der Waals surface area contributed by atoms with Crippen molar-refractivity contribution in [2.24, 2.45) is 11.3 Å². The van der Waals surface area contributed by atoms with Gasteiger partial charge in [0.05, 0.1) is 18.6 Å². The number of carbonyl (C=O) groups excluding carboxylic acids is 1. The van der Waals surface area contributed by atoms with Crippen molar-refractivity contribution in [3.8, 4) is 0 Å². The van der Waals surface area contributed by atoms with E-state index >= 15 is 0 Å². The minimum absolute atomic E-state index is 0.0475. The van der Waals surface area contributed by atoms with Gasteiger partial charge in [-0.3, -0.25) is 9.69 Å². The largest absolute Gasteiger partial charge is 0.379 e. The van der Waals surface area contributed by atoms with E-state index in [1.54, 1.807) is 0 Å². The third-order valence-corrected chi connectivity index (χ3v) is 7.51. The molecule has 1 aliphatic carbocycles. The molecule has 0 bridgehead atoms. The summed E-state index contributed by atoms with van der Waals surface area (Å²) in [7, 11) is 0. The van der Waals surface area contributed by atoms with E-state index in [4.69, 9.17) is 4.74 Å². The highest BCUT2D eigenvalue weighted by Gasteiger charge is 2.52. The van der Waals surface area contributed by atoms with Gasteiger partial charge in [0.1, 0.15) is 11.6 Å². The molecule has 7 heteroatoms. The highest BCUT2D eigenvalue weighted by Crippen LogP contribution is 2.48. The summed E-state index contributed by atoms with van der Waals surface area (Å²) in [5, 5.41) is 2.90. The standard InChI is InChI=1S/C23H33F2N3O2/c1-2-27-9-7-17-14-18(28-10-12-30-13-11-28)6-8-23(17,16-27)22(29)26-15-19-20(24)4-3-5-21(19)25/h3-5,17-18H,2,6-16H2,1H3,(H,26,29)/t17-,18+,23-/m1/s1. The summed E-state index contributed by atoms with van der Waals surface area (Å²) in [5.74, 6) is -0.973. The maximum atomic E-state index is 14.0. The van der Waals surface area contributed by atoms with Crippen LogP contribution in [-0.2, 0) is 16.1 Å². The zero-order valence-electron chi connectivity index (χ0n) is 17.8. The van der Waals surface area contributed by atoms with Gasteiger partial charge in [0.2, 0.25) is 5.91 Å². The van der Waals surface area contributed by atoms with Crippen LogP contribution in [0.25, 0.3) is 0 Å². The number of ether oxygens (including phenoxy) is 1. The molecule has 1 N–H and O–H groups in total. The van der Waals surface area contributed by atoms with Gasteiger partial charge in [-0.2, -0.15) is 0 Å². The molecule has 166 valence electrons. The van der Waals surface area contributed by atoms with Gasteiger partial charge in [-0.15, -0.1) is 0 Å². The van der Waals surface area contributed by atoms with E-state index in [1.165, 1.54) is 18.2 Å². The molecule has 1 amide bonds. The lowest BCUT2D eigenvalue weighted by Gasteiger charge is -2.53. The second-order valence-corrected chi connectivity index (χ2v) is 8.97. The number of morpholine rings is 1. The number of benzene rings is 1. The predicted molar refractivity (Wildman–Crippen MR) is 111 cm³/mol. The number of halogens is 2. The molecule has 0 radical (unpaired) electrons. The summed E-state index contributed by atoms with van der Waals surface area (Å²) in [6, 6.07) is 4.31. The summed E-state index contributed by atoms with van der Waals surface area (Å²) in [5.41, 5.74) is -0.539. The summed E-state index contributed by atoms with van der Waals surface area (Å²) < 4.78 is 33.6. The van der Waals surface area contributed by atoms with Crippen LogP contribution in [0.5, 0.6) is 0 Å². The lowest BCUT2D eigenvalue weighted by molar-refractivity contribution is -0.145. The fourth-order valence-electron chi connectivity index (χ4n) is 5.68. The number of likely N-dealkylation sites (tertiary alicyclic amines) is 1. The Kier molecular flexibility index (Phi) is 6.70. The Labute approximate surface area is 177 Å². The van der Waals surface area contributed by atoms with Gasteiger partial charge >= 0.3 is 0 Å². The Balaban J connectivity index is 1.49. The van der Waals surface area contributed by atoms with E-state index in [-0.39, 0.29) is 18.0 Å². The quantitative estimate of drug-likeness (QED) is 0.794. The van der Waals surface area contributed by atoms with Crippen molar-refractivity contribution in [1.82, 2.24) is 15.1 Å². The van der Waals surface area contributed by atoms with E-state index in [0.29, 0.717) is 12.0 Å². The number of nitrogens with one attached hydrogen (secondary N) is 1. The van der Waals surface area contributed by atoms with Crippen LogP contribution in [0.4, 0.5) is 8.78 Å². The first-order valence-corrected chi connectivity index (χ1v) is 11.3. The minimum atomic E-state index is -0.612. The normalized spacial score (nSPS) is 30.6. The number of rotatable bonds is 5. The van der Waals surface area contributed by atoms with Crippen LogP contribution in [0.2, 0.25) is 0 Å². The van der Waals surface area contributed by atoms with Gasteiger partial charge in [-0.25, -0.2) is 8.78 Å². The molecule has 2 heterocycles. The fraction of sp³-hybridized carbons (Fsp3) is 0.696. The third-order valence-electron chi connectivity index (χ3n) is 7.51. The van der Waals surface area contributed by atoms with E-state index in [2.05, 4.69) is 22.0 Å². The second-order valence-electron chi connectivity index (χ2n) is 8.97. The summed E-state index contributed by atoms with van der Waals surface area (Å²) in [6.45, 7) is 8.16. The van der Waals surface area contributed by atoms with Crippen LogP contribution in [0, 0.1) is 23.0 Å². The minimum Gasteiger partial charge on any atom is -0.379 e. The number of amides is 1. The van der Waals surface area contributed by atoms with Crippen molar-refractivity contribution in [3.05, 3.63) is 35.4 Å². The molecule has 1 aromatic carbocycles. The average molecular weight is 422 g/mol. The Morgan fingerprint density at radius 2 is 1.93 bits per heavy atom. The molecule has 3 fully saturated rings. The van der Waals surface area contributed by atoms with Crippen LogP contribution in [0.3, 0.4) is 0 Å². The van der Waals surface area contributed by atoms with Gasteiger partial charge in [0, 0.05) is 37.8 Å². The molecule has 1 aromatic rings. The van der Waals surface area contributed by atoms with Crippen LogP contribution in [0.1, 0.15) is 38.2 Å². The Morgan fingerprint density at radius 1 is 1.20 bits per heavy atom. The Bertz CT molecular complexity index is 736. The van der Waals surface area contributed by atoms with E-state index in [0.717, 1.165) is 71.6 Å². The van der Waals surface area contributed by atoms with Crippen LogP contribution in [0.15, 0.2) is 18.2 Å². The maximum Gasteiger partial charge on any atom is 0.228 e. The first-order valence-electron chi connectivity index (χ1n) is 11.3. The lowest BCUT2D eigenvalue weighted by Crippen LogP contribution is -2.60. The van der Waals surface area contributed by atoms with E-state index in [9.17, 15) is 13.6 Å². The third kappa shape index (κ3) is 4.25. The number of nitrogens with zero attached hydrogens (tertiary/aromatic N) is 2. The average Bonchev–Trinajstić information content (AvgIpc) is 2.78. The van der Waals surface area contributed by atoms with Crippen molar-refractivity contribution in [2.45, 2.75) is 45.2 Å². The number of piperidine rings is 1. The molecule has 2 saturated heterocycles. The molecule has 4 rings (SSSR count). The van der Waals surface area contributed by atoms with E-state index < -0.39 is 17.0 Å². The Hall–Kier alpha value is -1.57. The molecule has 0 aromatic heterocycles. The smallest absolute Gasteiger partial charge is 0.228 e. The van der Waals surface area contributed by atoms with Crippen molar-refractivity contribution >= 4 is 5.91 Å². The number of hydrogen-bond acceptors (Lipinski definition) is 4. The molecular formula is C23H33F2N3O2. The van der Waals surface area contributed by atoms with Gasteiger partial charge in [0.25, 0.3) is 0 Å². The molecule has 0 unspecified atom stereocenters. The van der Waals surface area contributed by atoms with Crippen molar-refractivity contribution in [1.29, 1.82) is 0 Å². The summed E-state index contributed by atoms with van der Waals surface area (Å²) in [6.07, 6.45) is 3.81. The molecule has 30 heavy (non-hydrogen) atoms. The van der Waals surface area contributed by atoms with Gasteiger partial charge in [-0.05, 0) is 56.8 Å². The highest BCUT2D eigenvalue weighted by molar-refractivity contribution is 5.83. The Morgan fingerprint density at radius 3 is 2.63 bits per heavy atom. The molecular weight excluding hydrogens is 388 g/mol. The topological polar surface area (TPSA) is 44.8 Å². The first kappa shape index (κ1) is 21.7. The summed E-state index contributed by atoms with van der Waals surface area (Å²) in [4.78, 5) is 18.3. The second kappa shape index (κ2) is 9.28. The van der Waals surface area contributed by atoms with Crippen molar-refractivity contribution in [2.75, 3.05) is 45.9 Å². The predicted octanol–water partition coefficient (Wildman–Crippen LogP) is 2.79. The van der Waals surface area contributed by atoms with Crippen LogP contribution < -0.4 is 5.32 Å². The van der Waals surface area contributed by atoms with Crippen molar-refractivity contribution < 1.29 is 18.3 Å². The fourth-order valence-corrected chi connectivity index (χ4v) is 5.68. The van der Waals surface area contributed by atoms with Gasteiger partial charge in [0.15, 0.2) is 0 Å². The first-order chi connectivity index (χ1) is 14.5. The zero-order chi connectivity index (χ0) is 21.1. The van der Waals surface area contributed by atoms with Crippen LogP contribution >= 0.6 is 0 Å². The SMILES string of the molecule is CCN1CC[C@@H]2C[C@@H](N3CCOCC3)CC[C@@]2(C(=O)NCc2c(F)cccc2F)C1. The highest BCUT2D eigenvalue weighted by atomic mass is 19.1. The van der Waals surface area contributed by atoms with Crippen LogP contribution in [-0.4, -0.2) is 67.7 Å². The molecule has 5 nitrogen and oxygen atoms in total. The zero-order valence-corrected chi connectivity index (χ0v) is 17.8. The van der Waals surface area contributed by atoms with Crippen molar-refractivity contribution in [3.63, 3.8) is 0 Å². The molecule has 1 saturated carbocycles. The molecule has 0 spiro atoms. The van der Waals surface area contributed by atoms with E-state index in [1.807, 2.05) is 0 Å².